The SMILES string of the molecule is COC(=O)CC1Cn2nc(SC)nc2NC1=O. The fourth-order valence-corrected chi connectivity index (χ4v) is 1.93. The van der Waals surface area contributed by atoms with Gasteiger partial charge in [0.05, 0.1) is 26.0 Å². The second-order valence-electron chi connectivity index (χ2n) is 3.57. The van der Waals surface area contributed by atoms with Crippen LogP contribution in [-0.2, 0) is 20.9 Å². The fraction of sp³-hybridized carbons (Fsp3) is 0.556. The van der Waals surface area contributed by atoms with E-state index in [0.29, 0.717) is 17.6 Å². The number of hydrogen-bond donors (Lipinski definition) is 1. The van der Waals surface area contributed by atoms with Gasteiger partial charge in [-0.1, -0.05) is 11.8 Å². The van der Waals surface area contributed by atoms with Gasteiger partial charge in [-0.3, -0.25) is 14.9 Å². The van der Waals surface area contributed by atoms with Gasteiger partial charge < -0.3 is 4.74 Å². The lowest BCUT2D eigenvalue weighted by atomic mass is 10.0. The van der Waals surface area contributed by atoms with Crippen LogP contribution in [0.2, 0.25) is 0 Å². The minimum atomic E-state index is -0.452. The summed E-state index contributed by atoms with van der Waals surface area (Å²) in [5.74, 6) is -0.645. The van der Waals surface area contributed by atoms with E-state index in [1.165, 1.54) is 18.9 Å². The van der Waals surface area contributed by atoms with Crippen LogP contribution >= 0.6 is 11.8 Å². The molecule has 1 aromatic heterocycles. The van der Waals surface area contributed by atoms with Gasteiger partial charge in [-0.15, -0.1) is 5.10 Å². The molecule has 92 valence electrons. The molecule has 0 saturated heterocycles. The van der Waals surface area contributed by atoms with Gasteiger partial charge >= 0.3 is 5.97 Å². The first kappa shape index (κ1) is 11.9. The van der Waals surface area contributed by atoms with Crippen LogP contribution in [0.25, 0.3) is 0 Å². The number of thioether (sulfide) groups is 1. The summed E-state index contributed by atoms with van der Waals surface area (Å²) in [6, 6.07) is 0. The Kier molecular flexibility index (Phi) is 3.32. The van der Waals surface area contributed by atoms with Crippen molar-refractivity contribution in [3.8, 4) is 0 Å². The van der Waals surface area contributed by atoms with Crippen LogP contribution in [0, 0.1) is 5.92 Å². The predicted octanol–water partition coefficient (Wildman–Crippen LogP) is 0.131. The summed E-state index contributed by atoms with van der Waals surface area (Å²) in [7, 11) is 1.30. The Morgan fingerprint density at radius 1 is 1.71 bits per heavy atom. The summed E-state index contributed by atoms with van der Waals surface area (Å²) in [6.07, 6.45) is 1.91. The van der Waals surface area contributed by atoms with Gasteiger partial charge in [0.1, 0.15) is 0 Å². The molecule has 7 nitrogen and oxygen atoms in total. The molecule has 8 heteroatoms. The number of fused-ring (bicyclic) bond motifs is 1. The monoisotopic (exact) mass is 256 g/mol. The molecule has 1 atom stereocenters. The van der Waals surface area contributed by atoms with E-state index < -0.39 is 11.9 Å². The zero-order chi connectivity index (χ0) is 12.4. The first-order chi connectivity index (χ1) is 8.13. The van der Waals surface area contributed by atoms with E-state index in [0.717, 1.165) is 0 Å². The predicted molar refractivity (Wildman–Crippen MR) is 60.6 cm³/mol. The third kappa shape index (κ3) is 2.41. The van der Waals surface area contributed by atoms with Crippen LogP contribution < -0.4 is 5.32 Å². The van der Waals surface area contributed by atoms with Gasteiger partial charge in [-0.25, -0.2) is 4.68 Å². The smallest absolute Gasteiger partial charge is 0.306 e. The minimum absolute atomic E-state index is 0.0518. The molecule has 1 amide bonds. The van der Waals surface area contributed by atoms with Crippen LogP contribution in [0.5, 0.6) is 0 Å². The van der Waals surface area contributed by atoms with Crippen molar-refractivity contribution in [3.05, 3.63) is 0 Å². The van der Waals surface area contributed by atoms with Crippen molar-refractivity contribution in [1.82, 2.24) is 14.8 Å². The molecule has 0 spiro atoms. The molecular weight excluding hydrogens is 244 g/mol. The van der Waals surface area contributed by atoms with E-state index >= 15 is 0 Å². The normalized spacial score (nSPS) is 18.5. The Morgan fingerprint density at radius 2 is 2.47 bits per heavy atom. The number of methoxy groups -OCH3 is 1. The second kappa shape index (κ2) is 4.74. The number of carbonyl (C=O) groups excluding carboxylic acids is 2. The van der Waals surface area contributed by atoms with Crippen molar-refractivity contribution in [2.45, 2.75) is 18.1 Å². The molecule has 1 aliphatic heterocycles. The number of nitrogens with zero attached hydrogens (tertiary/aromatic N) is 3. The molecule has 2 rings (SSSR count). The third-order valence-electron chi connectivity index (χ3n) is 2.47. The Balaban J connectivity index is 2.14. The zero-order valence-corrected chi connectivity index (χ0v) is 10.3. The molecule has 1 aliphatic rings. The molecule has 0 aromatic carbocycles. The zero-order valence-electron chi connectivity index (χ0n) is 9.47. The van der Waals surface area contributed by atoms with Crippen molar-refractivity contribution in [1.29, 1.82) is 0 Å². The lowest BCUT2D eigenvalue weighted by molar-refractivity contribution is -0.143. The number of amides is 1. The number of anilines is 1. The highest BCUT2D eigenvalue weighted by molar-refractivity contribution is 7.98. The average Bonchev–Trinajstić information content (AvgIpc) is 2.71. The van der Waals surface area contributed by atoms with E-state index in [1.54, 1.807) is 4.68 Å². The maximum Gasteiger partial charge on any atom is 0.306 e. The van der Waals surface area contributed by atoms with Gasteiger partial charge in [0.25, 0.3) is 0 Å². The van der Waals surface area contributed by atoms with Crippen LogP contribution in [0.4, 0.5) is 5.95 Å². The van der Waals surface area contributed by atoms with Gasteiger partial charge in [0.15, 0.2) is 0 Å². The number of aromatic nitrogens is 3. The van der Waals surface area contributed by atoms with Crippen molar-refractivity contribution in [3.63, 3.8) is 0 Å². The number of carbonyl (C=O) groups is 2. The number of ether oxygens (including phenoxy) is 1. The van der Waals surface area contributed by atoms with Crippen LogP contribution in [0.3, 0.4) is 0 Å². The summed E-state index contributed by atoms with van der Waals surface area (Å²) in [6.45, 7) is 0.351. The molecule has 1 unspecified atom stereocenters. The lowest BCUT2D eigenvalue weighted by Gasteiger charge is -2.20. The number of rotatable bonds is 3. The Hall–Kier alpha value is -1.57. The molecule has 0 radical (unpaired) electrons. The summed E-state index contributed by atoms with van der Waals surface area (Å²) < 4.78 is 6.15. The Bertz CT molecular complexity index is 459. The van der Waals surface area contributed by atoms with E-state index in [9.17, 15) is 9.59 Å². The fourth-order valence-electron chi connectivity index (χ4n) is 1.57. The second-order valence-corrected chi connectivity index (χ2v) is 4.34. The summed E-state index contributed by atoms with van der Waals surface area (Å²) in [5, 5.41) is 7.41. The minimum Gasteiger partial charge on any atom is -0.469 e. The van der Waals surface area contributed by atoms with E-state index in [2.05, 4.69) is 20.1 Å². The highest BCUT2D eigenvalue weighted by atomic mass is 32.2. The third-order valence-corrected chi connectivity index (χ3v) is 3.01. The molecule has 0 saturated carbocycles. The van der Waals surface area contributed by atoms with Crippen molar-refractivity contribution in [2.75, 3.05) is 18.7 Å². The number of hydrogen-bond acceptors (Lipinski definition) is 6. The van der Waals surface area contributed by atoms with Crippen molar-refractivity contribution >= 4 is 29.6 Å². The first-order valence-electron chi connectivity index (χ1n) is 5.00. The maximum atomic E-state index is 11.7. The highest BCUT2D eigenvalue weighted by Gasteiger charge is 2.30. The summed E-state index contributed by atoms with van der Waals surface area (Å²) in [4.78, 5) is 27.0. The maximum absolute atomic E-state index is 11.7. The van der Waals surface area contributed by atoms with E-state index in [-0.39, 0.29) is 12.3 Å². The highest BCUT2D eigenvalue weighted by Crippen LogP contribution is 2.21. The molecule has 1 N–H and O–H groups in total. The molecule has 17 heavy (non-hydrogen) atoms. The van der Waals surface area contributed by atoms with E-state index in [1.807, 2.05) is 6.26 Å². The van der Waals surface area contributed by atoms with Gasteiger partial charge in [0, 0.05) is 0 Å². The van der Waals surface area contributed by atoms with Crippen LogP contribution in [-0.4, -0.2) is 40.0 Å². The van der Waals surface area contributed by atoms with Crippen molar-refractivity contribution < 1.29 is 14.3 Å². The van der Waals surface area contributed by atoms with Gasteiger partial charge in [0.2, 0.25) is 17.0 Å². The largest absolute Gasteiger partial charge is 0.469 e. The molecular formula is C9H12N4O3S. The Labute approximate surface area is 102 Å². The molecule has 0 fully saturated rings. The molecule has 2 heterocycles. The quantitative estimate of drug-likeness (QED) is 0.611. The standard InChI is InChI=1S/C9H12N4O3S/c1-16-6(14)3-5-4-13-8(10-7(5)15)11-9(12-13)17-2/h5H,3-4H2,1-2H3,(H,10,11,12,15). The topological polar surface area (TPSA) is 86.1 Å². The van der Waals surface area contributed by atoms with Crippen LogP contribution in [0.15, 0.2) is 5.16 Å². The average molecular weight is 256 g/mol. The first-order valence-corrected chi connectivity index (χ1v) is 6.23. The van der Waals surface area contributed by atoms with Crippen molar-refractivity contribution in [2.24, 2.45) is 5.92 Å². The Morgan fingerprint density at radius 3 is 3.12 bits per heavy atom. The molecule has 0 aliphatic carbocycles. The summed E-state index contributed by atoms with van der Waals surface area (Å²) in [5.41, 5.74) is 0. The lowest BCUT2D eigenvalue weighted by Crippen LogP contribution is -2.35. The van der Waals surface area contributed by atoms with Gasteiger partial charge in [-0.05, 0) is 6.26 Å². The summed E-state index contributed by atoms with van der Waals surface area (Å²) >= 11 is 1.40. The molecule has 1 aromatic rings. The number of nitrogens with one attached hydrogen (secondary N) is 1. The number of esters is 1. The van der Waals surface area contributed by atoms with Gasteiger partial charge in [-0.2, -0.15) is 4.98 Å². The molecule has 0 bridgehead atoms. The van der Waals surface area contributed by atoms with E-state index in [4.69, 9.17) is 0 Å². The van der Waals surface area contributed by atoms with Crippen LogP contribution in [0.1, 0.15) is 6.42 Å².